The van der Waals surface area contributed by atoms with Crippen LogP contribution in [0.3, 0.4) is 0 Å². The Morgan fingerprint density at radius 3 is 2.73 bits per heavy atom. The minimum absolute atomic E-state index is 0.0227. The number of rotatable bonds is 0. The quantitative estimate of drug-likeness (QED) is 0.653. The summed E-state index contributed by atoms with van der Waals surface area (Å²) in [6.45, 7) is 4.35. The van der Waals surface area contributed by atoms with Gasteiger partial charge in [-0.1, -0.05) is 25.4 Å². The van der Waals surface area contributed by atoms with Gasteiger partial charge in [0.25, 0.3) is 0 Å². The van der Waals surface area contributed by atoms with Crippen molar-refractivity contribution >= 4 is 5.78 Å². The maximum absolute atomic E-state index is 12.4. The van der Waals surface area contributed by atoms with Crippen LogP contribution < -0.4 is 0 Å². The summed E-state index contributed by atoms with van der Waals surface area (Å²) in [4.78, 5) is 12.4. The van der Waals surface area contributed by atoms with Crippen molar-refractivity contribution < 1.29 is 9.32 Å². The van der Waals surface area contributed by atoms with E-state index in [1.54, 1.807) is 6.20 Å². The van der Waals surface area contributed by atoms with E-state index in [1.165, 1.54) is 6.42 Å². The third kappa shape index (κ3) is 0.912. The number of hydrogen-bond donors (Lipinski definition) is 0. The molecule has 3 nitrogen and oxygen atoms in total. The van der Waals surface area contributed by atoms with E-state index in [2.05, 4.69) is 19.0 Å². The van der Waals surface area contributed by atoms with Crippen molar-refractivity contribution in [2.45, 2.75) is 39.5 Å². The Bertz CT molecular complexity index is 427. The fourth-order valence-corrected chi connectivity index (χ4v) is 3.15. The standard InChI is InChI=1S/C12H15NO2/c1-11(2)6-9-8(7-13-15-9)10(14)12(11)4-3-5-12/h7H,3-6H2,1-2H3. The molecule has 0 aromatic carbocycles. The maximum Gasteiger partial charge on any atom is 0.174 e. The van der Waals surface area contributed by atoms with Crippen LogP contribution in [0.4, 0.5) is 0 Å². The Kier molecular flexibility index (Phi) is 1.53. The summed E-state index contributed by atoms with van der Waals surface area (Å²) in [6.07, 6.45) is 5.67. The lowest BCUT2D eigenvalue weighted by molar-refractivity contribution is -0.00896. The van der Waals surface area contributed by atoms with Gasteiger partial charge >= 0.3 is 0 Å². The van der Waals surface area contributed by atoms with Gasteiger partial charge in [0.2, 0.25) is 0 Å². The lowest BCUT2D eigenvalue weighted by atomic mass is 9.48. The number of ketones is 1. The van der Waals surface area contributed by atoms with Gasteiger partial charge in [-0.2, -0.15) is 0 Å². The Morgan fingerprint density at radius 2 is 2.13 bits per heavy atom. The monoisotopic (exact) mass is 205 g/mol. The van der Waals surface area contributed by atoms with Crippen LogP contribution in [0.1, 0.15) is 49.2 Å². The average molecular weight is 205 g/mol. The Labute approximate surface area is 88.8 Å². The van der Waals surface area contributed by atoms with Gasteiger partial charge in [0.05, 0.1) is 11.8 Å². The second-order valence-electron chi connectivity index (χ2n) is 5.49. The predicted molar refractivity (Wildman–Crippen MR) is 54.6 cm³/mol. The van der Waals surface area contributed by atoms with E-state index in [-0.39, 0.29) is 16.6 Å². The van der Waals surface area contributed by atoms with Crippen molar-refractivity contribution in [3.63, 3.8) is 0 Å². The van der Waals surface area contributed by atoms with Crippen LogP contribution in [0.25, 0.3) is 0 Å². The molecule has 1 fully saturated rings. The van der Waals surface area contributed by atoms with Crippen LogP contribution >= 0.6 is 0 Å². The first-order valence-corrected chi connectivity index (χ1v) is 5.55. The number of Topliss-reactive ketones (excluding diaryl/α,β-unsaturated/α-hetero) is 1. The van der Waals surface area contributed by atoms with Gasteiger partial charge in [0.15, 0.2) is 5.78 Å². The highest BCUT2D eigenvalue weighted by atomic mass is 16.5. The van der Waals surface area contributed by atoms with Gasteiger partial charge in [-0.3, -0.25) is 4.79 Å². The van der Waals surface area contributed by atoms with Gasteiger partial charge in [-0.05, 0) is 18.3 Å². The van der Waals surface area contributed by atoms with Crippen LogP contribution in [0.2, 0.25) is 0 Å². The smallest absolute Gasteiger partial charge is 0.174 e. The highest BCUT2D eigenvalue weighted by Gasteiger charge is 2.58. The normalized spacial score (nSPS) is 26.1. The zero-order chi connectivity index (χ0) is 10.7. The molecule has 1 aromatic rings. The van der Waals surface area contributed by atoms with E-state index in [0.717, 1.165) is 30.6 Å². The van der Waals surface area contributed by atoms with Crippen molar-refractivity contribution in [2.24, 2.45) is 10.8 Å². The fourth-order valence-electron chi connectivity index (χ4n) is 3.15. The number of hydrogen-bond acceptors (Lipinski definition) is 3. The molecule has 80 valence electrons. The van der Waals surface area contributed by atoms with E-state index < -0.39 is 0 Å². The molecule has 0 saturated heterocycles. The summed E-state index contributed by atoms with van der Waals surface area (Å²) in [5, 5.41) is 3.75. The molecule has 1 spiro atoms. The molecular formula is C12H15NO2. The first-order valence-electron chi connectivity index (χ1n) is 5.55. The first-order chi connectivity index (χ1) is 7.07. The number of aromatic nitrogens is 1. The predicted octanol–water partition coefficient (Wildman–Crippen LogP) is 2.61. The van der Waals surface area contributed by atoms with Gasteiger partial charge in [0, 0.05) is 11.8 Å². The molecule has 0 bridgehead atoms. The van der Waals surface area contributed by atoms with E-state index in [9.17, 15) is 4.79 Å². The molecule has 0 radical (unpaired) electrons. The van der Waals surface area contributed by atoms with Crippen molar-refractivity contribution in [2.75, 3.05) is 0 Å². The zero-order valence-corrected chi connectivity index (χ0v) is 9.17. The molecule has 1 aromatic heterocycles. The number of carbonyl (C=O) groups is 1. The molecule has 1 heterocycles. The van der Waals surface area contributed by atoms with Crippen molar-refractivity contribution in [1.82, 2.24) is 5.16 Å². The van der Waals surface area contributed by atoms with Crippen molar-refractivity contribution in [1.29, 1.82) is 0 Å². The summed E-state index contributed by atoms with van der Waals surface area (Å²) in [5.41, 5.74) is 0.634. The summed E-state index contributed by atoms with van der Waals surface area (Å²) in [6, 6.07) is 0. The second kappa shape index (κ2) is 2.52. The third-order valence-corrected chi connectivity index (χ3v) is 4.43. The van der Waals surface area contributed by atoms with E-state index in [0.29, 0.717) is 0 Å². The molecule has 0 amide bonds. The molecule has 3 rings (SSSR count). The molecule has 2 aliphatic rings. The largest absolute Gasteiger partial charge is 0.361 e. The summed E-state index contributed by atoms with van der Waals surface area (Å²) in [5.74, 6) is 1.05. The van der Waals surface area contributed by atoms with Gasteiger partial charge < -0.3 is 4.52 Å². The van der Waals surface area contributed by atoms with Crippen LogP contribution in [0.15, 0.2) is 10.7 Å². The van der Waals surface area contributed by atoms with Crippen LogP contribution in [-0.4, -0.2) is 10.9 Å². The minimum Gasteiger partial charge on any atom is -0.361 e. The van der Waals surface area contributed by atoms with Gasteiger partial charge in [0.1, 0.15) is 5.76 Å². The first kappa shape index (κ1) is 9.13. The summed E-state index contributed by atoms with van der Waals surface area (Å²) >= 11 is 0. The minimum atomic E-state index is -0.119. The molecule has 0 N–H and O–H groups in total. The van der Waals surface area contributed by atoms with Crippen LogP contribution in [0, 0.1) is 10.8 Å². The molecular weight excluding hydrogens is 190 g/mol. The van der Waals surface area contributed by atoms with Crippen molar-refractivity contribution in [3.05, 3.63) is 17.5 Å². The highest BCUT2D eigenvalue weighted by molar-refractivity contribution is 6.03. The summed E-state index contributed by atoms with van der Waals surface area (Å²) in [7, 11) is 0. The van der Waals surface area contributed by atoms with Crippen molar-refractivity contribution in [3.8, 4) is 0 Å². The molecule has 1 saturated carbocycles. The Balaban J connectivity index is 2.16. The van der Waals surface area contributed by atoms with E-state index >= 15 is 0 Å². The second-order valence-corrected chi connectivity index (χ2v) is 5.49. The Hall–Kier alpha value is -1.12. The highest BCUT2D eigenvalue weighted by Crippen LogP contribution is 2.59. The topological polar surface area (TPSA) is 43.1 Å². The number of carbonyl (C=O) groups excluding carboxylic acids is 1. The lowest BCUT2D eigenvalue weighted by Crippen LogP contribution is -2.53. The molecule has 0 unspecified atom stereocenters. The molecule has 2 aliphatic carbocycles. The third-order valence-electron chi connectivity index (χ3n) is 4.43. The molecule has 15 heavy (non-hydrogen) atoms. The number of nitrogens with zero attached hydrogens (tertiary/aromatic N) is 1. The van der Waals surface area contributed by atoms with Gasteiger partial charge in [-0.25, -0.2) is 0 Å². The molecule has 0 aliphatic heterocycles. The van der Waals surface area contributed by atoms with Crippen LogP contribution in [-0.2, 0) is 6.42 Å². The summed E-state index contributed by atoms with van der Waals surface area (Å²) < 4.78 is 5.15. The van der Waals surface area contributed by atoms with Gasteiger partial charge in [-0.15, -0.1) is 0 Å². The zero-order valence-electron chi connectivity index (χ0n) is 9.17. The Morgan fingerprint density at radius 1 is 1.40 bits per heavy atom. The average Bonchev–Trinajstić information content (AvgIpc) is 2.46. The SMILES string of the molecule is CC1(C)Cc2oncc2C(=O)C12CCC2. The van der Waals surface area contributed by atoms with E-state index in [1.807, 2.05) is 0 Å². The maximum atomic E-state index is 12.4. The molecule has 0 atom stereocenters. The number of fused-ring (bicyclic) bond motifs is 1. The fraction of sp³-hybridized carbons (Fsp3) is 0.667. The lowest BCUT2D eigenvalue weighted by Gasteiger charge is -2.53. The van der Waals surface area contributed by atoms with Crippen LogP contribution in [0.5, 0.6) is 0 Å². The van der Waals surface area contributed by atoms with E-state index in [4.69, 9.17) is 4.52 Å². The molecule has 3 heteroatoms.